The predicted molar refractivity (Wildman–Crippen MR) is 160 cm³/mol. The first-order valence-electron chi connectivity index (χ1n) is 13.0. The zero-order valence-corrected chi connectivity index (χ0v) is 24.1. The Hall–Kier alpha value is -3.61. The van der Waals surface area contributed by atoms with Gasteiger partial charge in [-0.25, -0.2) is 14.8 Å². The molecule has 8 heteroatoms. The molecule has 0 fully saturated rings. The molecule has 4 aromatic rings. The second kappa shape index (κ2) is 13.0. The van der Waals surface area contributed by atoms with Crippen LogP contribution in [0.3, 0.4) is 0 Å². The molecule has 0 radical (unpaired) electrons. The number of nitrogens with one attached hydrogen (secondary N) is 1. The predicted octanol–water partition coefficient (Wildman–Crippen LogP) is 8.02. The maximum Gasteiger partial charge on any atom is 0.414 e. The van der Waals surface area contributed by atoms with Crippen molar-refractivity contribution in [3.63, 3.8) is 0 Å². The number of nitrogens with zero attached hydrogens (tertiary/aromatic N) is 3. The standard InChI is InChI=1S/C29H26Cl2N4O2.C2H6/c1-35(2)21-10-7-18(8-11-21)13-14-37-29(36)34-28-32-17-20-15-24(19-9-12-25(30)26(31)16-19)22-5-3-4-6-23(22)27(20)33-28;1-2/h3-12,16-17,24H,13-15H2,1-2H3,(H,32,33,34,36);1-2H3. The Morgan fingerprint density at radius 3 is 2.49 bits per heavy atom. The Balaban J connectivity index is 0.00000172. The molecule has 39 heavy (non-hydrogen) atoms. The molecule has 1 atom stereocenters. The number of carbonyl (C=O) groups is 1. The molecule has 5 rings (SSSR count). The van der Waals surface area contributed by atoms with E-state index in [4.69, 9.17) is 27.9 Å². The Kier molecular flexibility index (Phi) is 9.44. The van der Waals surface area contributed by atoms with Gasteiger partial charge in [-0.15, -0.1) is 0 Å². The highest BCUT2D eigenvalue weighted by Crippen LogP contribution is 2.42. The van der Waals surface area contributed by atoms with Crippen LogP contribution in [0.5, 0.6) is 0 Å². The molecular weight excluding hydrogens is 531 g/mol. The summed E-state index contributed by atoms with van der Waals surface area (Å²) >= 11 is 12.4. The Bertz CT molecular complexity index is 1440. The number of halogens is 2. The molecule has 1 aliphatic rings. The van der Waals surface area contributed by atoms with Crippen molar-refractivity contribution in [1.29, 1.82) is 0 Å². The third-order valence-corrected chi connectivity index (χ3v) is 7.26. The highest BCUT2D eigenvalue weighted by Gasteiger charge is 2.28. The van der Waals surface area contributed by atoms with E-state index in [-0.39, 0.29) is 18.5 Å². The van der Waals surface area contributed by atoms with Crippen LogP contribution in [0.1, 0.15) is 42.0 Å². The minimum atomic E-state index is -0.581. The summed E-state index contributed by atoms with van der Waals surface area (Å²) in [4.78, 5) is 23.5. The minimum Gasteiger partial charge on any atom is -0.449 e. The average Bonchev–Trinajstić information content (AvgIpc) is 2.95. The van der Waals surface area contributed by atoms with Gasteiger partial charge in [0.2, 0.25) is 5.95 Å². The molecule has 3 aromatic carbocycles. The van der Waals surface area contributed by atoms with Gasteiger partial charge in [0.05, 0.1) is 22.3 Å². The van der Waals surface area contributed by atoms with Crippen molar-refractivity contribution in [2.45, 2.75) is 32.6 Å². The number of ether oxygens (including phenoxy) is 1. The Morgan fingerprint density at radius 2 is 1.77 bits per heavy atom. The highest BCUT2D eigenvalue weighted by molar-refractivity contribution is 6.42. The number of benzene rings is 3. The van der Waals surface area contributed by atoms with E-state index in [0.717, 1.165) is 39.2 Å². The third-order valence-electron chi connectivity index (χ3n) is 6.52. The number of fused-ring (bicyclic) bond motifs is 3. The van der Waals surface area contributed by atoms with Crippen LogP contribution in [0.25, 0.3) is 11.3 Å². The van der Waals surface area contributed by atoms with Crippen molar-refractivity contribution in [1.82, 2.24) is 9.97 Å². The van der Waals surface area contributed by atoms with E-state index in [2.05, 4.69) is 21.4 Å². The van der Waals surface area contributed by atoms with Gasteiger partial charge in [-0.2, -0.15) is 0 Å². The molecule has 0 saturated carbocycles. The fourth-order valence-corrected chi connectivity index (χ4v) is 4.88. The maximum atomic E-state index is 12.4. The fourth-order valence-electron chi connectivity index (χ4n) is 4.57. The molecule has 0 spiro atoms. The van der Waals surface area contributed by atoms with Crippen molar-refractivity contribution >= 4 is 40.9 Å². The van der Waals surface area contributed by atoms with Crippen LogP contribution in [0, 0.1) is 0 Å². The fraction of sp³-hybridized carbons (Fsp3) is 0.258. The summed E-state index contributed by atoms with van der Waals surface area (Å²) < 4.78 is 5.37. The normalized spacial score (nSPS) is 13.3. The van der Waals surface area contributed by atoms with Gasteiger partial charge in [0, 0.05) is 43.9 Å². The molecule has 0 saturated heterocycles. The number of hydrogen-bond acceptors (Lipinski definition) is 5. The van der Waals surface area contributed by atoms with Gasteiger partial charge in [-0.3, -0.25) is 5.32 Å². The van der Waals surface area contributed by atoms with Crippen LogP contribution >= 0.6 is 23.2 Å². The van der Waals surface area contributed by atoms with Gasteiger partial charge < -0.3 is 9.64 Å². The second-order valence-corrected chi connectivity index (χ2v) is 9.97. The Morgan fingerprint density at radius 1 is 1.03 bits per heavy atom. The lowest BCUT2D eigenvalue weighted by atomic mass is 9.78. The van der Waals surface area contributed by atoms with Crippen LogP contribution < -0.4 is 10.2 Å². The van der Waals surface area contributed by atoms with E-state index in [1.807, 2.05) is 93.5 Å². The van der Waals surface area contributed by atoms with Crippen molar-refractivity contribution in [2.75, 3.05) is 30.9 Å². The quantitative estimate of drug-likeness (QED) is 0.257. The number of aromatic nitrogens is 2. The van der Waals surface area contributed by atoms with Crippen LogP contribution in [0.2, 0.25) is 10.0 Å². The molecule has 202 valence electrons. The summed E-state index contributed by atoms with van der Waals surface area (Å²) in [5.41, 5.74) is 7.23. The average molecular weight is 564 g/mol. The van der Waals surface area contributed by atoms with Crippen molar-refractivity contribution in [3.8, 4) is 11.3 Å². The highest BCUT2D eigenvalue weighted by atomic mass is 35.5. The van der Waals surface area contributed by atoms with Crippen molar-refractivity contribution in [2.24, 2.45) is 0 Å². The van der Waals surface area contributed by atoms with E-state index in [9.17, 15) is 4.79 Å². The molecule has 1 unspecified atom stereocenters. The van der Waals surface area contributed by atoms with Gasteiger partial charge in [0.1, 0.15) is 0 Å². The minimum absolute atomic E-state index is 0.0950. The summed E-state index contributed by atoms with van der Waals surface area (Å²) in [5.74, 6) is 0.305. The molecule has 0 bridgehead atoms. The first-order chi connectivity index (χ1) is 18.9. The number of hydrogen-bond donors (Lipinski definition) is 1. The lowest BCUT2D eigenvalue weighted by Gasteiger charge is -2.27. The van der Waals surface area contributed by atoms with Crippen molar-refractivity contribution < 1.29 is 9.53 Å². The lowest BCUT2D eigenvalue weighted by Crippen LogP contribution is -2.19. The lowest BCUT2D eigenvalue weighted by molar-refractivity contribution is 0.163. The van der Waals surface area contributed by atoms with E-state index in [1.165, 1.54) is 0 Å². The molecule has 1 aliphatic carbocycles. The molecule has 1 heterocycles. The summed E-state index contributed by atoms with van der Waals surface area (Å²) in [6, 6.07) is 22.0. The molecule has 1 N–H and O–H groups in total. The molecule has 6 nitrogen and oxygen atoms in total. The number of amides is 1. The second-order valence-electron chi connectivity index (χ2n) is 9.16. The monoisotopic (exact) mass is 562 g/mol. The van der Waals surface area contributed by atoms with Gasteiger partial charge in [0.25, 0.3) is 0 Å². The summed E-state index contributed by atoms with van der Waals surface area (Å²) in [5, 5.41) is 3.73. The van der Waals surface area contributed by atoms with E-state index >= 15 is 0 Å². The van der Waals surface area contributed by atoms with E-state index < -0.39 is 6.09 Å². The summed E-state index contributed by atoms with van der Waals surface area (Å²) in [6.07, 6.45) is 2.52. The zero-order chi connectivity index (χ0) is 27.9. The summed E-state index contributed by atoms with van der Waals surface area (Å²) in [6.45, 7) is 4.26. The molecule has 1 amide bonds. The maximum absolute atomic E-state index is 12.4. The van der Waals surface area contributed by atoms with Gasteiger partial charge in [0.15, 0.2) is 0 Å². The van der Waals surface area contributed by atoms with Crippen LogP contribution in [-0.4, -0.2) is 36.8 Å². The van der Waals surface area contributed by atoms with Gasteiger partial charge >= 0.3 is 6.09 Å². The first-order valence-corrected chi connectivity index (χ1v) is 13.7. The number of anilines is 2. The molecule has 1 aromatic heterocycles. The van der Waals surface area contributed by atoms with Crippen molar-refractivity contribution in [3.05, 3.63) is 105 Å². The van der Waals surface area contributed by atoms with E-state index in [1.54, 1.807) is 6.20 Å². The van der Waals surface area contributed by atoms with Crippen LogP contribution in [-0.2, 0) is 17.6 Å². The zero-order valence-electron chi connectivity index (χ0n) is 22.5. The molecule has 0 aliphatic heterocycles. The van der Waals surface area contributed by atoms with Crippen LogP contribution in [0.15, 0.2) is 72.9 Å². The Labute approximate surface area is 240 Å². The largest absolute Gasteiger partial charge is 0.449 e. The van der Waals surface area contributed by atoms with Crippen LogP contribution in [0.4, 0.5) is 16.4 Å². The third kappa shape index (κ3) is 6.70. The SMILES string of the molecule is CC.CN(C)c1ccc(CCOC(=O)Nc2ncc3c(n2)-c2ccccc2C(c2ccc(Cl)c(Cl)c2)C3)cc1. The topological polar surface area (TPSA) is 67.3 Å². The number of rotatable bonds is 6. The van der Waals surface area contributed by atoms with Gasteiger partial charge in [-0.05, 0) is 52.9 Å². The smallest absolute Gasteiger partial charge is 0.414 e. The first kappa shape index (κ1) is 28.4. The molecular formula is C31H32Cl2N4O2. The number of carbonyl (C=O) groups excluding carboxylic acids is 1. The van der Waals surface area contributed by atoms with E-state index in [0.29, 0.717) is 22.9 Å². The summed E-state index contributed by atoms with van der Waals surface area (Å²) in [7, 11) is 4.00. The van der Waals surface area contributed by atoms with Gasteiger partial charge in [-0.1, -0.05) is 79.5 Å².